The van der Waals surface area contributed by atoms with Gasteiger partial charge in [0.15, 0.2) is 0 Å². The van der Waals surface area contributed by atoms with Gasteiger partial charge in [-0.3, -0.25) is 5.10 Å². The first-order chi connectivity index (χ1) is 8.05. The van der Waals surface area contributed by atoms with Crippen molar-refractivity contribution in [2.24, 2.45) is 0 Å². The predicted molar refractivity (Wildman–Crippen MR) is 71.1 cm³/mol. The van der Waals surface area contributed by atoms with Crippen LogP contribution < -0.4 is 5.32 Å². The van der Waals surface area contributed by atoms with Gasteiger partial charge in [0.2, 0.25) is 0 Å². The first kappa shape index (κ1) is 11.7. The molecule has 0 aliphatic heterocycles. The first-order valence-corrected chi connectivity index (χ1v) is 5.88. The van der Waals surface area contributed by atoms with E-state index in [0.29, 0.717) is 0 Å². The number of H-pyrrole nitrogens is 1. The number of rotatable bonds is 3. The lowest BCUT2D eigenvalue weighted by Gasteiger charge is -2.19. The molecule has 0 atom stereocenters. The predicted octanol–water partition coefficient (Wildman–Crippen LogP) is 3.32. The van der Waals surface area contributed by atoms with Crippen molar-refractivity contribution in [2.45, 2.75) is 32.7 Å². The molecular weight excluding hydrogens is 210 g/mol. The highest BCUT2D eigenvalue weighted by atomic mass is 15.1. The number of benzene rings is 1. The second kappa shape index (κ2) is 4.62. The van der Waals surface area contributed by atoms with Crippen LogP contribution in [-0.4, -0.2) is 10.2 Å². The molecule has 0 radical (unpaired) electrons. The van der Waals surface area contributed by atoms with Gasteiger partial charge in [-0.2, -0.15) is 5.10 Å². The fourth-order valence-corrected chi connectivity index (χ4v) is 1.67. The SMILES string of the molecule is CC(C)(C)c1ccc(NCc2ccn[nH]2)cc1. The fourth-order valence-electron chi connectivity index (χ4n) is 1.67. The molecule has 2 rings (SSSR count). The van der Waals surface area contributed by atoms with E-state index in [-0.39, 0.29) is 5.41 Å². The van der Waals surface area contributed by atoms with Crippen molar-refractivity contribution >= 4 is 5.69 Å². The van der Waals surface area contributed by atoms with Crippen LogP contribution in [-0.2, 0) is 12.0 Å². The minimum Gasteiger partial charge on any atom is -0.379 e. The van der Waals surface area contributed by atoms with Gasteiger partial charge in [-0.1, -0.05) is 32.9 Å². The highest BCUT2D eigenvalue weighted by Crippen LogP contribution is 2.23. The van der Waals surface area contributed by atoms with Gasteiger partial charge < -0.3 is 5.32 Å². The lowest BCUT2D eigenvalue weighted by atomic mass is 9.87. The van der Waals surface area contributed by atoms with Crippen LogP contribution in [0.4, 0.5) is 5.69 Å². The van der Waals surface area contributed by atoms with Gasteiger partial charge >= 0.3 is 0 Å². The second-order valence-corrected chi connectivity index (χ2v) is 5.26. The maximum Gasteiger partial charge on any atom is 0.0567 e. The molecule has 2 N–H and O–H groups in total. The molecule has 2 aromatic rings. The average molecular weight is 229 g/mol. The third-order valence-electron chi connectivity index (χ3n) is 2.79. The number of hydrogen-bond donors (Lipinski definition) is 2. The molecule has 3 nitrogen and oxygen atoms in total. The molecular formula is C14H19N3. The van der Waals surface area contributed by atoms with E-state index < -0.39 is 0 Å². The van der Waals surface area contributed by atoms with E-state index in [1.165, 1.54) is 5.56 Å². The lowest BCUT2D eigenvalue weighted by molar-refractivity contribution is 0.590. The smallest absolute Gasteiger partial charge is 0.0567 e. The van der Waals surface area contributed by atoms with Crippen molar-refractivity contribution in [3.05, 3.63) is 47.8 Å². The molecule has 1 aromatic heterocycles. The third kappa shape index (κ3) is 3.09. The summed E-state index contributed by atoms with van der Waals surface area (Å²) in [6.07, 6.45) is 1.76. The van der Waals surface area contributed by atoms with Gasteiger partial charge in [0, 0.05) is 11.9 Å². The summed E-state index contributed by atoms with van der Waals surface area (Å²) in [4.78, 5) is 0. The number of aromatic nitrogens is 2. The highest BCUT2D eigenvalue weighted by molar-refractivity contribution is 5.45. The number of anilines is 1. The molecule has 1 aromatic carbocycles. The Kier molecular flexibility index (Phi) is 3.18. The van der Waals surface area contributed by atoms with Crippen LogP contribution in [0.5, 0.6) is 0 Å². The van der Waals surface area contributed by atoms with Crippen LogP contribution in [0.2, 0.25) is 0 Å². The van der Waals surface area contributed by atoms with Crippen LogP contribution in [0, 0.1) is 0 Å². The van der Waals surface area contributed by atoms with E-state index in [1.807, 2.05) is 6.07 Å². The topological polar surface area (TPSA) is 40.7 Å². The number of hydrogen-bond acceptors (Lipinski definition) is 2. The normalized spacial score (nSPS) is 11.5. The molecule has 0 amide bonds. The van der Waals surface area contributed by atoms with E-state index in [9.17, 15) is 0 Å². The molecule has 0 aliphatic carbocycles. The molecule has 90 valence electrons. The van der Waals surface area contributed by atoms with Crippen LogP contribution in [0.15, 0.2) is 36.5 Å². The summed E-state index contributed by atoms with van der Waals surface area (Å²) < 4.78 is 0. The zero-order valence-corrected chi connectivity index (χ0v) is 10.6. The van der Waals surface area contributed by atoms with Crippen LogP contribution in [0.1, 0.15) is 32.0 Å². The largest absolute Gasteiger partial charge is 0.379 e. The molecule has 3 heteroatoms. The van der Waals surface area contributed by atoms with Gasteiger partial charge in [0.25, 0.3) is 0 Å². The van der Waals surface area contributed by atoms with Crippen LogP contribution in [0.25, 0.3) is 0 Å². The number of nitrogens with zero attached hydrogens (tertiary/aromatic N) is 1. The van der Waals surface area contributed by atoms with Crippen molar-refractivity contribution in [2.75, 3.05) is 5.32 Å². The van der Waals surface area contributed by atoms with Crippen molar-refractivity contribution in [1.82, 2.24) is 10.2 Å². The molecule has 0 unspecified atom stereocenters. The zero-order valence-electron chi connectivity index (χ0n) is 10.6. The molecule has 0 saturated carbocycles. The minimum atomic E-state index is 0.210. The van der Waals surface area contributed by atoms with Crippen molar-refractivity contribution in [3.8, 4) is 0 Å². The standard InChI is InChI=1S/C14H19N3/c1-14(2,3)11-4-6-12(7-5-11)15-10-13-8-9-16-17-13/h4-9,15H,10H2,1-3H3,(H,16,17). The lowest BCUT2D eigenvalue weighted by Crippen LogP contribution is -2.10. The van der Waals surface area contributed by atoms with Crippen molar-refractivity contribution in [3.63, 3.8) is 0 Å². The maximum atomic E-state index is 3.92. The average Bonchev–Trinajstić information content (AvgIpc) is 2.78. The van der Waals surface area contributed by atoms with Gasteiger partial charge in [0.1, 0.15) is 0 Å². The van der Waals surface area contributed by atoms with Crippen molar-refractivity contribution < 1.29 is 0 Å². The minimum absolute atomic E-state index is 0.210. The van der Waals surface area contributed by atoms with E-state index >= 15 is 0 Å². The van der Waals surface area contributed by atoms with E-state index in [1.54, 1.807) is 6.20 Å². The summed E-state index contributed by atoms with van der Waals surface area (Å²) in [6.45, 7) is 7.44. The Hall–Kier alpha value is -1.77. The quantitative estimate of drug-likeness (QED) is 0.847. The summed E-state index contributed by atoms with van der Waals surface area (Å²) >= 11 is 0. The Morgan fingerprint density at radius 2 is 1.82 bits per heavy atom. The summed E-state index contributed by atoms with van der Waals surface area (Å²) in [7, 11) is 0. The van der Waals surface area contributed by atoms with Crippen LogP contribution in [0.3, 0.4) is 0 Å². The van der Waals surface area contributed by atoms with Gasteiger partial charge in [-0.15, -0.1) is 0 Å². The Labute approximate surface area is 102 Å². The zero-order chi connectivity index (χ0) is 12.3. The highest BCUT2D eigenvalue weighted by Gasteiger charge is 2.12. The molecule has 1 heterocycles. The second-order valence-electron chi connectivity index (χ2n) is 5.26. The molecule has 0 saturated heterocycles. The Balaban J connectivity index is 1.99. The third-order valence-corrected chi connectivity index (χ3v) is 2.79. The molecule has 0 aliphatic rings. The van der Waals surface area contributed by atoms with Crippen LogP contribution >= 0.6 is 0 Å². The first-order valence-electron chi connectivity index (χ1n) is 5.88. The summed E-state index contributed by atoms with van der Waals surface area (Å²) in [5.41, 5.74) is 3.78. The van der Waals surface area contributed by atoms with E-state index in [2.05, 4.69) is 60.6 Å². The van der Waals surface area contributed by atoms with E-state index in [4.69, 9.17) is 0 Å². The van der Waals surface area contributed by atoms with Crippen molar-refractivity contribution in [1.29, 1.82) is 0 Å². The molecule has 0 spiro atoms. The molecule has 0 fully saturated rings. The number of nitrogens with one attached hydrogen (secondary N) is 2. The maximum absolute atomic E-state index is 3.92. The summed E-state index contributed by atoms with van der Waals surface area (Å²) in [6, 6.07) is 10.6. The Morgan fingerprint density at radius 1 is 1.12 bits per heavy atom. The number of aromatic amines is 1. The Morgan fingerprint density at radius 3 is 2.35 bits per heavy atom. The fraction of sp³-hybridized carbons (Fsp3) is 0.357. The summed E-state index contributed by atoms with van der Waals surface area (Å²) in [5, 5.41) is 10.2. The summed E-state index contributed by atoms with van der Waals surface area (Å²) in [5.74, 6) is 0. The molecule has 17 heavy (non-hydrogen) atoms. The van der Waals surface area contributed by atoms with Gasteiger partial charge in [0.05, 0.1) is 12.2 Å². The monoisotopic (exact) mass is 229 g/mol. The van der Waals surface area contributed by atoms with E-state index in [0.717, 1.165) is 17.9 Å². The Bertz CT molecular complexity index is 449. The van der Waals surface area contributed by atoms with Gasteiger partial charge in [-0.25, -0.2) is 0 Å². The van der Waals surface area contributed by atoms with Gasteiger partial charge in [-0.05, 0) is 29.2 Å². The molecule has 0 bridgehead atoms.